The highest BCUT2D eigenvalue weighted by Crippen LogP contribution is 2.08. The predicted octanol–water partition coefficient (Wildman–Crippen LogP) is 2.51. The topological polar surface area (TPSA) is 3.24 Å². The number of nitrogens with zero attached hydrogens (tertiary/aromatic N) is 1. The first-order chi connectivity index (χ1) is 4.76. The van der Waals surface area contributed by atoms with E-state index in [9.17, 15) is 0 Å². The van der Waals surface area contributed by atoms with E-state index in [4.69, 9.17) is 0 Å². The Morgan fingerprint density at radius 3 is 2.10 bits per heavy atom. The number of rotatable bonds is 4. The summed E-state index contributed by atoms with van der Waals surface area (Å²) in [5.41, 5.74) is 0. The Bertz CT molecular complexity index is 106. The van der Waals surface area contributed by atoms with Gasteiger partial charge in [0.15, 0.2) is 0 Å². The van der Waals surface area contributed by atoms with Crippen molar-refractivity contribution in [2.75, 3.05) is 13.1 Å². The summed E-state index contributed by atoms with van der Waals surface area (Å²) in [6.45, 7) is 8.50. The molecule has 0 aliphatic heterocycles. The van der Waals surface area contributed by atoms with E-state index in [-0.39, 0.29) is 0 Å². The lowest BCUT2D eigenvalue weighted by Crippen LogP contribution is -2.19. The summed E-state index contributed by atoms with van der Waals surface area (Å²) in [7, 11) is 0. The maximum Gasteiger partial charge on any atom is 0.0635 e. The fourth-order valence-corrected chi connectivity index (χ4v) is 1.32. The van der Waals surface area contributed by atoms with Gasteiger partial charge in [0.1, 0.15) is 0 Å². The van der Waals surface area contributed by atoms with E-state index >= 15 is 0 Å². The number of allylic oxidation sites excluding steroid dienone is 1. The molecule has 0 aliphatic rings. The van der Waals surface area contributed by atoms with Gasteiger partial charge in [-0.1, -0.05) is 13.0 Å². The van der Waals surface area contributed by atoms with Crippen molar-refractivity contribution in [3.63, 3.8) is 0 Å². The molecule has 0 aliphatic carbocycles. The van der Waals surface area contributed by atoms with Gasteiger partial charge in [-0.25, -0.2) is 0 Å². The summed E-state index contributed by atoms with van der Waals surface area (Å²) in [4.78, 5) is 2.23. The van der Waals surface area contributed by atoms with E-state index < -0.39 is 0 Å². The summed E-state index contributed by atoms with van der Waals surface area (Å²) in [5.74, 6) is 0. The molecule has 60 valence electrons. The van der Waals surface area contributed by atoms with Crippen molar-refractivity contribution in [2.24, 2.45) is 0 Å². The van der Waals surface area contributed by atoms with Gasteiger partial charge in [-0.2, -0.15) is 0 Å². The summed E-state index contributed by atoms with van der Waals surface area (Å²) in [5, 5.41) is 1.10. The average molecular weight is 159 g/mol. The molecule has 2 heteroatoms. The van der Waals surface area contributed by atoms with Crippen LogP contribution < -0.4 is 0 Å². The molecule has 1 nitrogen and oxygen atoms in total. The van der Waals surface area contributed by atoms with Crippen molar-refractivity contribution >= 4 is 12.6 Å². The summed E-state index contributed by atoms with van der Waals surface area (Å²) in [6.07, 6.45) is 3.20. The fraction of sp³-hybridized carbons (Fsp3) is 0.750. The third-order valence-corrected chi connectivity index (χ3v) is 1.94. The Hall–Kier alpha value is -0.110. The van der Waals surface area contributed by atoms with E-state index in [1.54, 1.807) is 0 Å². The molecule has 0 saturated heterocycles. The van der Waals surface area contributed by atoms with Crippen molar-refractivity contribution in [1.82, 2.24) is 4.90 Å². The smallest absolute Gasteiger partial charge is 0.0635 e. The first kappa shape index (κ1) is 9.89. The molecule has 0 aromatic heterocycles. The Labute approximate surface area is 69.5 Å². The molecule has 0 aromatic carbocycles. The predicted molar refractivity (Wildman–Crippen MR) is 50.3 cm³/mol. The minimum absolute atomic E-state index is 1.05. The standard InChI is InChI=1S/C8H17NS/c1-4-7-8(10)9(5-2)6-3/h7,10H,4-6H2,1-3H3/b8-7+. The zero-order valence-corrected chi connectivity index (χ0v) is 7.99. The van der Waals surface area contributed by atoms with Crippen LogP contribution in [-0.2, 0) is 0 Å². The van der Waals surface area contributed by atoms with Crippen LogP contribution in [0.5, 0.6) is 0 Å². The van der Waals surface area contributed by atoms with Crippen LogP contribution in [-0.4, -0.2) is 18.0 Å². The Morgan fingerprint density at radius 2 is 1.80 bits per heavy atom. The van der Waals surface area contributed by atoms with Crippen LogP contribution in [0.2, 0.25) is 0 Å². The van der Waals surface area contributed by atoms with Gasteiger partial charge in [0, 0.05) is 13.1 Å². The highest BCUT2D eigenvalue weighted by molar-refractivity contribution is 7.84. The Morgan fingerprint density at radius 1 is 1.30 bits per heavy atom. The van der Waals surface area contributed by atoms with E-state index in [1.165, 1.54) is 0 Å². The molecule has 0 spiro atoms. The summed E-state index contributed by atoms with van der Waals surface area (Å²) >= 11 is 4.35. The zero-order valence-electron chi connectivity index (χ0n) is 7.09. The van der Waals surface area contributed by atoms with Crippen molar-refractivity contribution in [3.05, 3.63) is 11.1 Å². The van der Waals surface area contributed by atoms with Gasteiger partial charge >= 0.3 is 0 Å². The second-order valence-electron chi connectivity index (χ2n) is 2.14. The van der Waals surface area contributed by atoms with Crippen LogP contribution in [0.4, 0.5) is 0 Å². The third kappa shape index (κ3) is 3.16. The molecule has 0 amide bonds. The minimum Gasteiger partial charge on any atom is -0.367 e. The number of hydrogen-bond acceptors (Lipinski definition) is 2. The second kappa shape index (κ2) is 5.66. The van der Waals surface area contributed by atoms with Gasteiger partial charge in [0.25, 0.3) is 0 Å². The van der Waals surface area contributed by atoms with Gasteiger partial charge < -0.3 is 4.90 Å². The molecule has 0 aromatic rings. The van der Waals surface area contributed by atoms with E-state index in [0.717, 1.165) is 24.5 Å². The van der Waals surface area contributed by atoms with E-state index in [0.29, 0.717) is 0 Å². The van der Waals surface area contributed by atoms with Crippen LogP contribution in [0.1, 0.15) is 27.2 Å². The largest absolute Gasteiger partial charge is 0.367 e. The average Bonchev–Trinajstić information content (AvgIpc) is 1.91. The number of hydrogen-bond donors (Lipinski definition) is 1. The highest BCUT2D eigenvalue weighted by atomic mass is 32.1. The third-order valence-electron chi connectivity index (χ3n) is 1.47. The molecule has 10 heavy (non-hydrogen) atoms. The monoisotopic (exact) mass is 159 g/mol. The van der Waals surface area contributed by atoms with Crippen molar-refractivity contribution in [1.29, 1.82) is 0 Å². The van der Waals surface area contributed by atoms with Crippen LogP contribution in [0, 0.1) is 0 Å². The lowest BCUT2D eigenvalue weighted by atomic mass is 10.4. The lowest BCUT2D eigenvalue weighted by Gasteiger charge is -2.20. The maximum absolute atomic E-state index is 4.35. The number of thiol groups is 1. The van der Waals surface area contributed by atoms with Gasteiger partial charge in [-0.15, -0.1) is 12.6 Å². The van der Waals surface area contributed by atoms with Crippen LogP contribution in [0.3, 0.4) is 0 Å². The molecule has 0 rings (SSSR count). The van der Waals surface area contributed by atoms with Gasteiger partial charge in [0.05, 0.1) is 5.03 Å². The molecule has 0 saturated carbocycles. The van der Waals surface area contributed by atoms with Crippen LogP contribution in [0.15, 0.2) is 11.1 Å². The minimum atomic E-state index is 1.05. The lowest BCUT2D eigenvalue weighted by molar-refractivity contribution is 0.408. The second-order valence-corrected chi connectivity index (χ2v) is 2.60. The molecule has 0 unspecified atom stereocenters. The van der Waals surface area contributed by atoms with Crippen molar-refractivity contribution in [2.45, 2.75) is 27.2 Å². The van der Waals surface area contributed by atoms with E-state index in [2.05, 4.69) is 44.4 Å². The Balaban J connectivity index is 3.87. The quantitative estimate of drug-likeness (QED) is 0.617. The first-order valence-corrected chi connectivity index (χ1v) is 4.35. The highest BCUT2D eigenvalue weighted by Gasteiger charge is 1.97. The molecule has 0 radical (unpaired) electrons. The molecule has 0 N–H and O–H groups in total. The molecular formula is C8H17NS. The summed E-state index contributed by atoms with van der Waals surface area (Å²) in [6, 6.07) is 0. The van der Waals surface area contributed by atoms with Crippen molar-refractivity contribution in [3.8, 4) is 0 Å². The zero-order chi connectivity index (χ0) is 7.98. The van der Waals surface area contributed by atoms with Crippen molar-refractivity contribution < 1.29 is 0 Å². The molecule has 0 bridgehead atoms. The molecule has 0 fully saturated rings. The molecule has 0 heterocycles. The fourth-order valence-electron chi connectivity index (χ4n) is 0.859. The maximum atomic E-state index is 4.35. The van der Waals surface area contributed by atoms with Gasteiger partial charge in [-0.05, 0) is 20.3 Å². The summed E-state index contributed by atoms with van der Waals surface area (Å²) < 4.78 is 0. The SMILES string of the molecule is CC/C=C(/S)N(CC)CC. The van der Waals surface area contributed by atoms with Gasteiger partial charge in [0.2, 0.25) is 0 Å². The van der Waals surface area contributed by atoms with Crippen LogP contribution in [0.25, 0.3) is 0 Å². The molecule has 0 atom stereocenters. The Kier molecular flexibility index (Phi) is 5.60. The first-order valence-electron chi connectivity index (χ1n) is 3.90. The van der Waals surface area contributed by atoms with Gasteiger partial charge in [-0.3, -0.25) is 0 Å². The van der Waals surface area contributed by atoms with Crippen LogP contribution >= 0.6 is 12.6 Å². The normalized spacial score (nSPS) is 11.8. The van der Waals surface area contributed by atoms with E-state index in [1.807, 2.05) is 0 Å². The molecular weight excluding hydrogens is 142 g/mol.